The number of hydrogen-bond donors (Lipinski definition) is 0. The number of esters is 1. The van der Waals surface area contributed by atoms with E-state index in [9.17, 15) is 4.79 Å². The number of methoxy groups -OCH3 is 1. The fourth-order valence-corrected chi connectivity index (χ4v) is 2.27. The van der Waals surface area contributed by atoms with Crippen molar-refractivity contribution in [2.24, 2.45) is 0 Å². The molecule has 2 aromatic carbocycles. The predicted octanol–water partition coefficient (Wildman–Crippen LogP) is 3.77. The molecule has 0 aliphatic rings. The molecule has 0 unspecified atom stereocenters. The Bertz CT molecular complexity index is 843. The highest BCUT2D eigenvalue weighted by molar-refractivity contribution is 5.96. The molecule has 0 spiro atoms. The third-order valence-corrected chi connectivity index (χ3v) is 3.35. The van der Waals surface area contributed by atoms with Gasteiger partial charge in [-0.2, -0.15) is 0 Å². The van der Waals surface area contributed by atoms with E-state index in [1.165, 1.54) is 7.11 Å². The van der Waals surface area contributed by atoms with Gasteiger partial charge in [0.2, 0.25) is 0 Å². The van der Waals surface area contributed by atoms with Gasteiger partial charge in [0.1, 0.15) is 16.8 Å². The Balaban J connectivity index is 1.99. The summed E-state index contributed by atoms with van der Waals surface area (Å²) in [5, 5.41) is 0.927. The number of rotatable bonds is 3. The van der Waals surface area contributed by atoms with Gasteiger partial charge in [0.05, 0.1) is 7.11 Å². The highest BCUT2D eigenvalue weighted by Crippen LogP contribution is 2.26. The van der Waals surface area contributed by atoms with Gasteiger partial charge in [0, 0.05) is 11.1 Å². The topological polar surface area (TPSA) is 48.4 Å². The molecule has 3 aromatic rings. The number of carbonyl (C=O) groups is 1. The lowest BCUT2D eigenvalue weighted by Gasteiger charge is -2.10. The molecule has 0 aliphatic heterocycles. The average molecular weight is 293 g/mol. The van der Waals surface area contributed by atoms with Crippen LogP contribution in [0.4, 0.5) is 0 Å². The highest BCUT2D eigenvalue weighted by Gasteiger charge is 2.15. The van der Waals surface area contributed by atoms with Crippen LogP contribution in [0, 0.1) is 6.92 Å². The summed E-state index contributed by atoms with van der Waals surface area (Å²) in [5.41, 5.74) is 1.92. The number of aryl methyl sites for hydroxylation is 1. The van der Waals surface area contributed by atoms with Gasteiger partial charge in [-0.05, 0) is 31.2 Å². The molecule has 0 fully saturated rings. The molecule has 4 nitrogen and oxygen atoms in total. The van der Waals surface area contributed by atoms with E-state index in [0.29, 0.717) is 22.6 Å². The number of aromatic nitrogens is 1. The summed E-state index contributed by atoms with van der Waals surface area (Å²) in [6.45, 7) is 1.90. The Morgan fingerprint density at radius 2 is 1.73 bits per heavy atom. The molecule has 0 saturated heterocycles. The van der Waals surface area contributed by atoms with Gasteiger partial charge in [-0.25, -0.2) is 9.78 Å². The van der Waals surface area contributed by atoms with Crippen LogP contribution >= 0.6 is 0 Å². The van der Waals surface area contributed by atoms with Crippen molar-refractivity contribution in [2.75, 3.05) is 7.11 Å². The van der Waals surface area contributed by atoms with Crippen molar-refractivity contribution in [3.63, 3.8) is 0 Å². The van der Waals surface area contributed by atoms with Crippen LogP contribution < -0.4 is 9.47 Å². The number of nitrogens with zero attached hydrogens (tertiary/aromatic N) is 1. The molecule has 1 aromatic heterocycles. The molecule has 0 N–H and O–H groups in total. The maximum Gasteiger partial charge on any atom is 0.347 e. The fraction of sp³-hybridized carbons (Fsp3) is 0.111. The Kier molecular flexibility index (Phi) is 3.74. The fourth-order valence-electron chi connectivity index (χ4n) is 2.27. The summed E-state index contributed by atoms with van der Waals surface area (Å²) in [7, 11) is 1.52. The van der Waals surface area contributed by atoms with E-state index >= 15 is 0 Å². The van der Waals surface area contributed by atoms with Crippen molar-refractivity contribution < 1.29 is 14.3 Å². The van der Waals surface area contributed by atoms with Crippen molar-refractivity contribution in [1.29, 1.82) is 0 Å². The molecule has 0 saturated carbocycles. The number of pyridine rings is 1. The van der Waals surface area contributed by atoms with E-state index in [-0.39, 0.29) is 0 Å². The van der Waals surface area contributed by atoms with Crippen LogP contribution in [0.25, 0.3) is 10.9 Å². The standard InChI is InChI=1S/C18H15NO3/c1-12-10-11-13-6-5-9-16(17(13)19-12)22-18(20)14-7-3-4-8-15(14)21-2/h3-11H,1-2H3. The molecule has 0 radical (unpaired) electrons. The van der Waals surface area contributed by atoms with Gasteiger partial charge in [-0.15, -0.1) is 0 Å². The van der Waals surface area contributed by atoms with Gasteiger partial charge in [0.25, 0.3) is 0 Å². The Hall–Kier alpha value is -2.88. The van der Waals surface area contributed by atoms with E-state index in [0.717, 1.165) is 11.1 Å². The first-order chi connectivity index (χ1) is 10.7. The van der Waals surface area contributed by atoms with Crippen molar-refractivity contribution in [2.45, 2.75) is 6.92 Å². The van der Waals surface area contributed by atoms with E-state index in [1.54, 1.807) is 30.3 Å². The molecule has 4 heteroatoms. The van der Waals surface area contributed by atoms with Crippen LogP contribution in [-0.4, -0.2) is 18.1 Å². The van der Waals surface area contributed by atoms with Crippen molar-refractivity contribution in [3.05, 3.63) is 65.9 Å². The van der Waals surface area contributed by atoms with Gasteiger partial charge < -0.3 is 9.47 Å². The summed E-state index contributed by atoms with van der Waals surface area (Å²) in [4.78, 5) is 16.8. The maximum absolute atomic E-state index is 12.4. The van der Waals surface area contributed by atoms with Crippen LogP contribution in [0.5, 0.6) is 11.5 Å². The van der Waals surface area contributed by atoms with Crippen molar-refractivity contribution in [3.8, 4) is 11.5 Å². The zero-order chi connectivity index (χ0) is 15.5. The number of para-hydroxylation sites is 2. The van der Waals surface area contributed by atoms with Gasteiger partial charge >= 0.3 is 5.97 Å². The molecule has 3 rings (SSSR count). The Labute approximate surface area is 128 Å². The van der Waals surface area contributed by atoms with E-state index < -0.39 is 5.97 Å². The van der Waals surface area contributed by atoms with Crippen LogP contribution in [-0.2, 0) is 0 Å². The minimum Gasteiger partial charge on any atom is -0.496 e. The van der Waals surface area contributed by atoms with Crippen molar-refractivity contribution >= 4 is 16.9 Å². The van der Waals surface area contributed by atoms with Gasteiger partial charge in [-0.1, -0.05) is 30.3 Å². The van der Waals surface area contributed by atoms with Crippen molar-refractivity contribution in [1.82, 2.24) is 4.98 Å². The minimum absolute atomic E-state index is 0.384. The lowest BCUT2D eigenvalue weighted by Crippen LogP contribution is -2.10. The summed E-state index contributed by atoms with van der Waals surface area (Å²) in [5.74, 6) is 0.460. The normalized spacial score (nSPS) is 10.5. The molecule has 0 bridgehead atoms. The highest BCUT2D eigenvalue weighted by atomic mass is 16.5. The average Bonchev–Trinajstić information content (AvgIpc) is 2.55. The second-order valence-corrected chi connectivity index (χ2v) is 4.87. The number of fused-ring (bicyclic) bond motifs is 1. The zero-order valence-corrected chi connectivity index (χ0v) is 12.4. The number of ether oxygens (including phenoxy) is 2. The molecule has 110 valence electrons. The molecule has 0 atom stereocenters. The summed E-state index contributed by atoms with van der Waals surface area (Å²) in [6, 6.07) is 16.4. The van der Waals surface area contributed by atoms with Crippen LogP contribution in [0.3, 0.4) is 0 Å². The lowest BCUT2D eigenvalue weighted by molar-refractivity contribution is 0.0733. The summed E-state index contributed by atoms with van der Waals surface area (Å²) in [6.07, 6.45) is 0. The first kappa shape index (κ1) is 14.1. The van der Waals surface area contributed by atoms with Crippen LogP contribution in [0.2, 0.25) is 0 Å². The van der Waals surface area contributed by atoms with E-state index in [2.05, 4.69) is 4.98 Å². The number of carbonyl (C=O) groups excluding carboxylic acids is 1. The summed E-state index contributed by atoms with van der Waals surface area (Å²) >= 11 is 0. The molecule has 22 heavy (non-hydrogen) atoms. The molecular formula is C18H15NO3. The largest absolute Gasteiger partial charge is 0.496 e. The quantitative estimate of drug-likeness (QED) is 0.545. The first-order valence-electron chi connectivity index (χ1n) is 6.90. The first-order valence-corrected chi connectivity index (χ1v) is 6.90. The second kappa shape index (κ2) is 5.85. The zero-order valence-electron chi connectivity index (χ0n) is 12.4. The second-order valence-electron chi connectivity index (χ2n) is 4.87. The van der Waals surface area contributed by atoms with Gasteiger partial charge in [0.15, 0.2) is 5.75 Å². The molecule has 0 aliphatic carbocycles. The van der Waals surface area contributed by atoms with Crippen LogP contribution in [0.15, 0.2) is 54.6 Å². The monoisotopic (exact) mass is 293 g/mol. The predicted molar refractivity (Wildman–Crippen MR) is 84.4 cm³/mol. The lowest BCUT2D eigenvalue weighted by atomic mass is 10.2. The Morgan fingerprint density at radius 3 is 2.55 bits per heavy atom. The maximum atomic E-state index is 12.4. The Morgan fingerprint density at radius 1 is 0.955 bits per heavy atom. The molecule has 1 heterocycles. The third kappa shape index (κ3) is 2.63. The SMILES string of the molecule is COc1ccccc1C(=O)Oc1cccc2ccc(C)nc12. The minimum atomic E-state index is -0.465. The smallest absolute Gasteiger partial charge is 0.347 e. The van der Waals surface area contributed by atoms with E-state index in [1.807, 2.05) is 31.2 Å². The van der Waals surface area contributed by atoms with E-state index in [4.69, 9.17) is 9.47 Å². The molecular weight excluding hydrogens is 278 g/mol. The van der Waals surface area contributed by atoms with Crippen LogP contribution in [0.1, 0.15) is 16.1 Å². The third-order valence-electron chi connectivity index (χ3n) is 3.35. The summed E-state index contributed by atoms with van der Waals surface area (Å²) < 4.78 is 10.7. The van der Waals surface area contributed by atoms with Gasteiger partial charge in [-0.3, -0.25) is 0 Å². The number of hydrogen-bond acceptors (Lipinski definition) is 4. The number of benzene rings is 2. The molecule has 0 amide bonds.